The Labute approximate surface area is 121 Å². The molecule has 0 amide bonds. The van der Waals surface area contributed by atoms with E-state index in [2.05, 4.69) is 12.1 Å². The van der Waals surface area contributed by atoms with Crippen molar-refractivity contribution >= 4 is 34.5 Å². The Balaban J connectivity index is 1.92. The van der Waals surface area contributed by atoms with E-state index in [1.54, 1.807) is 17.4 Å². The summed E-state index contributed by atoms with van der Waals surface area (Å²) in [6.07, 6.45) is 2.52. The van der Waals surface area contributed by atoms with E-state index in [0.29, 0.717) is 16.0 Å². The SMILES string of the molecule is NC(c1ccc(-c2ccc(Cl)cc2Cl)s1)C1CC1. The smallest absolute Gasteiger partial charge is 0.0507 e. The second-order valence-corrected chi connectivity index (χ2v) is 6.65. The van der Waals surface area contributed by atoms with Crippen LogP contribution in [0.15, 0.2) is 30.3 Å². The first-order valence-electron chi connectivity index (χ1n) is 5.96. The maximum atomic E-state index is 6.22. The highest BCUT2D eigenvalue weighted by Gasteiger charge is 2.30. The molecule has 1 aliphatic carbocycles. The molecule has 0 radical (unpaired) electrons. The molecule has 2 aromatic rings. The van der Waals surface area contributed by atoms with Gasteiger partial charge in [-0.3, -0.25) is 0 Å². The van der Waals surface area contributed by atoms with Crippen LogP contribution in [0.3, 0.4) is 0 Å². The first-order valence-corrected chi connectivity index (χ1v) is 7.53. The van der Waals surface area contributed by atoms with Crippen LogP contribution in [0.25, 0.3) is 10.4 Å². The molecule has 2 N–H and O–H groups in total. The summed E-state index contributed by atoms with van der Waals surface area (Å²) in [5.41, 5.74) is 7.24. The fourth-order valence-electron chi connectivity index (χ4n) is 2.05. The van der Waals surface area contributed by atoms with E-state index in [4.69, 9.17) is 28.9 Å². The third kappa shape index (κ3) is 2.43. The van der Waals surface area contributed by atoms with Gasteiger partial charge in [0.05, 0.1) is 5.02 Å². The molecule has 18 heavy (non-hydrogen) atoms. The molecule has 1 nitrogen and oxygen atoms in total. The molecular formula is C14H13Cl2NS. The summed E-state index contributed by atoms with van der Waals surface area (Å²) in [6, 6.07) is 10.0. The van der Waals surface area contributed by atoms with Gasteiger partial charge >= 0.3 is 0 Å². The zero-order valence-electron chi connectivity index (χ0n) is 9.70. The van der Waals surface area contributed by atoms with Gasteiger partial charge in [-0.1, -0.05) is 29.3 Å². The molecule has 1 heterocycles. The molecular weight excluding hydrogens is 285 g/mol. The van der Waals surface area contributed by atoms with E-state index < -0.39 is 0 Å². The van der Waals surface area contributed by atoms with Crippen LogP contribution in [-0.4, -0.2) is 0 Å². The highest BCUT2D eigenvalue weighted by Crippen LogP contribution is 2.43. The summed E-state index contributed by atoms with van der Waals surface area (Å²) >= 11 is 13.9. The van der Waals surface area contributed by atoms with Crippen molar-refractivity contribution in [2.75, 3.05) is 0 Å². The van der Waals surface area contributed by atoms with Crippen LogP contribution in [0.2, 0.25) is 10.0 Å². The van der Waals surface area contributed by atoms with Gasteiger partial charge in [0.15, 0.2) is 0 Å². The summed E-state index contributed by atoms with van der Waals surface area (Å²) in [7, 11) is 0. The van der Waals surface area contributed by atoms with Gasteiger partial charge in [0, 0.05) is 26.4 Å². The maximum Gasteiger partial charge on any atom is 0.0507 e. The van der Waals surface area contributed by atoms with E-state index in [9.17, 15) is 0 Å². The van der Waals surface area contributed by atoms with Gasteiger partial charge in [0.1, 0.15) is 0 Å². The van der Waals surface area contributed by atoms with E-state index in [-0.39, 0.29) is 6.04 Å². The van der Waals surface area contributed by atoms with Crippen molar-refractivity contribution in [3.8, 4) is 10.4 Å². The van der Waals surface area contributed by atoms with Gasteiger partial charge in [-0.25, -0.2) is 0 Å². The van der Waals surface area contributed by atoms with Crippen molar-refractivity contribution in [3.63, 3.8) is 0 Å². The first-order chi connectivity index (χ1) is 8.65. The summed E-state index contributed by atoms with van der Waals surface area (Å²) in [6.45, 7) is 0. The van der Waals surface area contributed by atoms with Crippen molar-refractivity contribution in [2.24, 2.45) is 11.7 Å². The number of benzene rings is 1. The number of rotatable bonds is 3. The lowest BCUT2D eigenvalue weighted by atomic mass is 10.1. The van der Waals surface area contributed by atoms with Gasteiger partial charge in [0.25, 0.3) is 0 Å². The monoisotopic (exact) mass is 297 g/mol. The molecule has 1 aliphatic rings. The van der Waals surface area contributed by atoms with Crippen molar-refractivity contribution in [3.05, 3.63) is 45.3 Å². The second kappa shape index (κ2) is 4.86. The van der Waals surface area contributed by atoms with E-state index >= 15 is 0 Å². The molecule has 0 bridgehead atoms. The minimum Gasteiger partial charge on any atom is -0.323 e. The molecule has 1 fully saturated rings. The number of thiophene rings is 1. The van der Waals surface area contributed by atoms with E-state index in [0.717, 1.165) is 10.4 Å². The van der Waals surface area contributed by atoms with Crippen LogP contribution in [0, 0.1) is 5.92 Å². The molecule has 0 aliphatic heterocycles. The Hall–Kier alpha value is -0.540. The number of hydrogen-bond donors (Lipinski definition) is 1. The summed E-state index contributed by atoms with van der Waals surface area (Å²) in [5.74, 6) is 0.678. The molecule has 1 saturated carbocycles. The van der Waals surface area contributed by atoms with Crippen molar-refractivity contribution < 1.29 is 0 Å². The number of nitrogens with two attached hydrogens (primary N) is 1. The normalized spacial score (nSPS) is 16.8. The highest BCUT2D eigenvalue weighted by atomic mass is 35.5. The van der Waals surface area contributed by atoms with Crippen molar-refractivity contribution in [1.82, 2.24) is 0 Å². The van der Waals surface area contributed by atoms with Gasteiger partial charge in [-0.05, 0) is 43.0 Å². The predicted molar refractivity (Wildman–Crippen MR) is 79.4 cm³/mol. The van der Waals surface area contributed by atoms with E-state index in [1.807, 2.05) is 12.1 Å². The fourth-order valence-corrected chi connectivity index (χ4v) is 3.76. The molecule has 3 rings (SSSR count). The number of hydrogen-bond acceptors (Lipinski definition) is 2. The zero-order chi connectivity index (χ0) is 12.7. The first kappa shape index (κ1) is 12.5. The van der Waals surface area contributed by atoms with Crippen LogP contribution >= 0.6 is 34.5 Å². The predicted octanol–water partition coefficient (Wildman–Crippen LogP) is 5.13. The minimum absolute atomic E-state index is 0.190. The van der Waals surface area contributed by atoms with Gasteiger partial charge in [-0.15, -0.1) is 11.3 Å². The zero-order valence-corrected chi connectivity index (χ0v) is 12.0. The van der Waals surface area contributed by atoms with Crippen molar-refractivity contribution in [1.29, 1.82) is 0 Å². The van der Waals surface area contributed by atoms with Crippen LogP contribution in [0.4, 0.5) is 0 Å². The van der Waals surface area contributed by atoms with Crippen LogP contribution in [-0.2, 0) is 0 Å². The van der Waals surface area contributed by atoms with Crippen LogP contribution in [0.1, 0.15) is 23.8 Å². The summed E-state index contributed by atoms with van der Waals surface area (Å²) < 4.78 is 0. The summed E-state index contributed by atoms with van der Waals surface area (Å²) in [4.78, 5) is 2.40. The Kier molecular flexibility index (Phi) is 3.37. The minimum atomic E-state index is 0.190. The Bertz CT molecular complexity index is 575. The Morgan fingerprint density at radius 3 is 2.61 bits per heavy atom. The van der Waals surface area contributed by atoms with Crippen molar-refractivity contribution in [2.45, 2.75) is 18.9 Å². The molecule has 1 unspecified atom stereocenters. The lowest BCUT2D eigenvalue weighted by Gasteiger charge is -2.06. The maximum absolute atomic E-state index is 6.22. The third-order valence-corrected chi connectivity index (χ3v) is 5.05. The average Bonchev–Trinajstić information content (AvgIpc) is 3.07. The molecule has 4 heteroatoms. The largest absolute Gasteiger partial charge is 0.323 e. The lowest BCUT2D eigenvalue weighted by molar-refractivity contribution is 0.645. The standard InChI is InChI=1S/C14H13Cl2NS/c15-9-3-4-10(11(16)7-9)12-5-6-13(18-12)14(17)8-1-2-8/h3-8,14H,1-2,17H2. The topological polar surface area (TPSA) is 26.0 Å². The number of halogens is 2. The molecule has 1 aromatic carbocycles. The van der Waals surface area contributed by atoms with Gasteiger partial charge in [-0.2, -0.15) is 0 Å². The average molecular weight is 298 g/mol. The quantitative estimate of drug-likeness (QED) is 0.835. The lowest BCUT2D eigenvalue weighted by Crippen LogP contribution is -2.10. The second-order valence-electron chi connectivity index (χ2n) is 4.69. The molecule has 0 saturated heterocycles. The Morgan fingerprint density at radius 1 is 1.17 bits per heavy atom. The third-order valence-electron chi connectivity index (χ3n) is 3.28. The molecule has 1 aromatic heterocycles. The van der Waals surface area contributed by atoms with Crippen LogP contribution in [0.5, 0.6) is 0 Å². The van der Waals surface area contributed by atoms with E-state index in [1.165, 1.54) is 17.7 Å². The molecule has 94 valence electrons. The molecule has 0 spiro atoms. The highest BCUT2D eigenvalue weighted by molar-refractivity contribution is 7.15. The van der Waals surface area contributed by atoms with Gasteiger partial charge in [0.2, 0.25) is 0 Å². The molecule has 1 atom stereocenters. The fraction of sp³-hybridized carbons (Fsp3) is 0.286. The Morgan fingerprint density at radius 2 is 1.94 bits per heavy atom. The summed E-state index contributed by atoms with van der Waals surface area (Å²) in [5, 5.41) is 1.35. The van der Waals surface area contributed by atoms with Crippen LogP contribution < -0.4 is 5.73 Å². The van der Waals surface area contributed by atoms with Gasteiger partial charge < -0.3 is 5.73 Å².